The molecule has 5 rings (SSSR count). The molecule has 0 aromatic heterocycles. The van der Waals surface area contributed by atoms with Crippen LogP contribution in [0.3, 0.4) is 0 Å². The van der Waals surface area contributed by atoms with Gasteiger partial charge in [0, 0.05) is 23.2 Å². The number of carbonyl (C=O) groups excluding carboxylic acids is 1. The highest BCUT2D eigenvalue weighted by molar-refractivity contribution is 6.12. The van der Waals surface area contributed by atoms with Crippen molar-refractivity contribution in [1.29, 1.82) is 0 Å². The third kappa shape index (κ3) is 3.18. The molecule has 1 aliphatic carbocycles. The van der Waals surface area contributed by atoms with E-state index in [9.17, 15) is 4.79 Å². The fourth-order valence-electron chi connectivity index (χ4n) is 5.12. The van der Waals surface area contributed by atoms with Gasteiger partial charge in [-0.05, 0) is 51.9 Å². The molecular weight excluding hydrogens is 386 g/mol. The number of rotatable bonds is 3. The molecule has 0 amide bonds. The predicted octanol–water partition coefficient (Wildman–Crippen LogP) is 6.17. The van der Waals surface area contributed by atoms with E-state index in [1.54, 1.807) is 14.2 Å². The minimum absolute atomic E-state index is 0.0659. The van der Waals surface area contributed by atoms with Crippen LogP contribution in [0, 0.1) is 5.41 Å². The van der Waals surface area contributed by atoms with Crippen LogP contribution in [0.4, 0.5) is 5.69 Å². The Morgan fingerprint density at radius 1 is 0.935 bits per heavy atom. The summed E-state index contributed by atoms with van der Waals surface area (Å²) in [6.07, 6.45) is 1.43. The molecule has 4 nitrogen and oxygen atoms in total. The first kappa shape index (κ1) is 19.7. The third-order valence-electron chi connectivity index (χ3n) is 6.48. The number of benzene rings is 3. The number of allylic oxidation sites excluding steroid dienone is 1. The molecule has 1 N–H and O–H groups in total. The molecule has 3 aromatic rings. The van der Waals surface area contributed by atoms with Gasteiger partial charge in [0.05, 0.1) is 20.3 Å². The first-order chi connectivity index (χ1) is 14.9. The van der Waals surface area contributed by atoms with Crippen LogP contribution in [0.25, 0.3) is 16.3 Å². The van der Waals surface area contributed by atoms with Crippen LogP contribution in [0.15, 0.2) is 60.2 Å². The molecule has 0 unspecified atom stereocenters. The standard InChI is InChI=1S/C27H27NO3/c1-27(2)14-19-24-18-8-6-5-7-16(18)9-11-20(24)28-26(25(19)21(29)15-27)17-10-12-22(30-3)23(13-17)31-4/h5-13,26,28H,14-15H2,1-4H3/t26-/m1/s1. The average Bonchev–Trinajstić information content (AvgIpc) is 2.76. The van der Waals surface area contributed by atoms with Crippen LogP contribution in [0.2, 0.25) is 0 Å². The van der Waals surface area contributed by atoms with Gasteiger partial charge >= 0.3 is 0 Å². The molecule has 31 heavy (non-hydrogen) atoms. The minimum Gasteiger partial charge on any atom is -0.493 e. The summed E-state index contributed by atoms with van der Waals surface area (Å²) in [5.74, 6) is 1.56. The van der Waals surface area contributed by atoms with Gasteiger partial charge in [-0.15, -0.1) is 0 Å². The number of carbonyl (C=O) groups is 1. The van der Waals surface area contributed by atoms with Crippen molar-refractivity contribution in [1.82, 2.24) is 0 Å². The Morgan fingerprint density at radius 3 is 2.48 bits per heavy atom. The quantitative estimate of drug-likeness (QED) is 0.558. The lowest BCUT2D eigenvalue weighted by atomic mass is 9.68. The van der Waals surface area contributed by atoms with Crippen molar-refractivity contribution >= 4 is 27.8 Å². The maximum absolute atomic E-state index is 13.5. The summed E-state index contributed by atoms with van der Waals surface area (Å²) in [5, 5.41) is 6.06. The van der Waals surface area contributed by atoms with Crippen LogP contribution in [-0.2, 0) is 4.79 Å². The van der Waals surface area contributed by atoms with Gasteiger partial charge < -0.3 is 14.8 Å². The molecule has 0 fully saturated rings. The number of Topliss-reactive ketones (excluding diaryl/α,β-unsaturated/α-hetero) is 1. The van der Waals surface area contributed by atoms with E-state index >= 15 is 0 Å². The lowest BCUT2D eigenvalue weighted by Gasteiger charge is -2.40. The lowest BCUT2D eigenvalue weighted by molar-refractivity contribution is -0.118. The Labute approximate surface area is 182 Å². The number of hydrogen-bond donors (Lipinski definition) is 1. The fourth-order valence-corrected chi connectivity index (χ4v) is 5.12. The van der Waals surface area contributed by atoms with Gasteiger partial charge in [-0.3, -0.25) is 4.79 Å². The third-order valence-corrected chi connectivity index (χ3v) is 6.48. The smallest absolute Gasteiger partial charge is 0.162 e. The number of anilines is 1. The lowest BCUT2D eigenvalue weighted by Crippen LogP contribution is -2.33. The topological polar surface area (TPSA) is 47.6 Å². The second kappa shape index (κ2) is 7.16. The predicted molar refractivity (Wildman–Crippen MR) is 125 cm³/mol. The van der Waals surface area contributed by atoms with Crippen LogP contribution in [0.1, 0.15) is 43.9 Å². The van der Waals surface area contributed by atoms with Crippen molar-refractivity contribution in [2.75, 3.05) is 19.5 Å². The molecule has 3 aromatic carbocycles. The summed E-state index contributed by atoms with van der Waals surface area (Å²) in [5.41, 5.74) is 5.23. The zero-order valence-electron chi connectivity index (χ0n) is 18.4. The summed E-state index contributed by atoms with van der Waals surface area (Å²) in [6.45, 7) is 4.37. The fraction of sp³-hybridized carbons (Fsp3) is 0.296. The van der Waals surface area contributed by atoms with E-state index in [-0.39, 0.29) is 17.2 Å². The van der Waals surface area contributed by atoms with Crippen molar-refractivity contribution in [2.45, 2.75) is 32.7 Å². The van der Waals surface area contributed by atoms with E-state index in [1.807, 2.05) is 18.2 Å². The highest BCUT2D eigenvalue weighted by Crippen LogP contribution is 2.52. The van der Waals surface area contributed by atoms with Gasteiger partial charge in [0.2, 0.25) is 0 Å². The monoisotopic (exact) mass is 413 g/mol. The zero-order chi connectivity index (χ0) is 21.8. The number of ether oxygens (including phenoxy) is 2. The van der Waals surface area contributed by atoms with E-state index in [0.717, 1.165) is 23.2 Å². The summed E-state index contributed by atoms with van der Waals surface area (Å²) in [4.78, 5) is 13.5. The van der Waals surface area contributed by atoms with Crippen molar-refractivity contribution in [3.63, 3.8) is 0 Å². The molecule has 0 spiro atoms. The number of hydrogen-bond acceptors (Lipinski definition) is 4. The summed E-state index contributed by atoms with van der Waals surface area (Å²) < 4.78 is 11.0. The first-order valence-corrected chi connectivity index (χ1v) is 10.7. The highest BCUT2D eigenvalue weighted by atomic mass is 16.5. The van der Waals surface area contributed by atoms with E-state index in [0.29, 0.717) is 17.9 Å². The summed E-state index contributed by atoms with van der Waals surface area (Å²) >= 11 is 0. The average molecular weight is 414 g/mol. The van der Waals surface area contributed by atoms with E-state index in [1.165, 1.54) is 21.9 Å². The van der Waals surface area contributed by atoms with Crippen molar-refractivity contribution in [3.8, 4) is 11.5 Å². The first-order valence-electron chi connectivity index (χ1n) is 10.7. The maximum atomic E-state index is 13.5. The zero-order valence-corrected chi connectivity index (χ0v) is 18.4. The number of nitrogens with one attached hydrogen (secondary N) is 1. The second-order valence-electron chi connectivity index (χ2n) is 9.23. The molecule has 0 saturated carbocycles. The van der Waals surface area contributed by atoms with Crippen LogP contribution >= 0.6 is 0 Å². The molecule has 0 bridgehead atoms. The molecule has 1 heterocycles. The van der Waals surface area contributed by atoms with E-state index in [4.69, 9.17) is 9.47 Å². The molecule has 1 aliphatic heterocycles. The number of fused-ring (bicyclic) bond motifs is 4. The normalized spacial score (nSPS) is 19.5. The molecule has 0 saturated heterocycles. The largest absolute Gasteiger partial charge is 0.493 e. The SMILES string of the molecule is COc1ccc([C@H]2Nc3ccc4ccccc4c3C3=C2C(=O)CC(C)(C)C3)cc1OC. The summed E-state index contributed by atoms with van der Waals surface area (Å²) in [7, 11) is 3.27. The van der Waals surface area contributed by atoms with Crippen LogP contribution in [0.5, 0.6) is 11.5 Å². The number of ketones is 1. The Balaban J connectivity index is 1.76. The Bertz CT molecular complexity index is 1240. The van der Waals surface area contributed by atoms with Gasteiger partial charge in [-0.1, -0.05) is 50.2 Å². The molecule has 1 atom stereocenters. The second-order valence-corrected chi connectivity index (χ2v) is 9.23. The Hall–Kier alpha value is -3.27. The minimum atomic E-state index is -0.216. The van der Waals surface area contributed by atoms with Gasteiger partial charge in [-0.2, -0.15) is 0 Å². The maximum Gasteiger partial charge on any atom is 0.162 e. The molecular formula is C27H27NO3. The highest BCUT2D eigenvalue weighted by Gasteiger charge is 2.40. The Kier molecular flexibility index (Phi) is 4.54. The van der Waals surface area contributed by atoms with Crippen molar-refractivity contribution < 1.29 is 14.3 Å². The molecule has 2 aliphatic rings. The Morgan fingerprint density at radius 2 is 1.71 bits per heavy atom. The van der Waals surface area contributed by atoms with Gasteiger partial charge in [0.1, 0.15) is 0 Å². The van der Waals surface area contributed by atoms with Gasteiger partial charge in [0.25, 0.3) is 0 Å². The molecule has 0 radical (unpaired) electrons. The van der Waals surface area contributed by atoms with Gasteiger partial charge in [-0.25, -0.2) is 0 Å². The molecule has 4 heteroatoms. The summed E-state index contributed by atoms with van der Waals surface area (Å²) in [6, 6.07) is 18.4. The van der Waals surface area contributed by atoms with Gasteiger partial charge in [0.15, 0.2) is 17.3 Å². The van der Waals surface area contributed by atoms with Crippen molar-refractivity contribution in [3.05, 3.63) is 71.3 Å². The molecule has 158 valence electrons. The number of methoxy groups -OCH3 is 2. The van der Waals surface area contributed by atoms with E-state index in [2.05, 4.69) is 55.6 Å². The van der Waals surface area contributed by atoms with Crippen LogP contribution < -0.4 is 14.8 Å². The van der Waals surface area contributed by atoms with Crippen LogP contribution in [-0.4, -0.2) is 20.0 Å². The van der Waals surface area contributed by atoms with Crippen molar-refractivity contribution in [2.24, 2.45) is 5.41 Å². The van der Waals surface area contributed by atoms with E-state index < -0.39 is 0 Å².